The molecule has 0 aliphatic rings. The summed E-state index contributed by atoms with van der Waals surface area (Å²) in [6.45, 7) is 10.2. The van der Waals surface area contributed by atoms with Crippen molar-refractivity contribution in [3.63, 3.8) is 0 Å². The number of rotatable bonds is 5. The third kappa shape index (κ3) is 4.41. The Morgan fingerprint density at radius 1 is 1.09 bits per heavy atom. The molecule has 0 spiro atoms. The average Bonchev–Trinajstić information content (AvgIpc) is 2.46. The Morgan fingerprint density at radius 2 is 1.74 bits per heavy atom. The fourth-order valence-electron chi connectivity index (χ4n) is 2.48. The number of hydrogen-bond acceptors (Lipinski definition) is 1. The molecule has 0 saturated heterocycles. The summed E-state index contributed by atoms with van der Waals surface area (Å²) >= 11 is 0. The van der Waals surface area contributed by atoms with Crippen LogP contribution >= 0.6 is 0 Å². The van der Waals surface area contributed by atoms with Crippen LogP contribution in [0.2, 0.25) is 0 Å². The Labute approximate surface area is 137 Å². The van der Waals surface area contributed by atoms with Gasteiger partial charge in [-0.05, 0) is 35.6 Å². The molecule has 0 aromatic heterocycles. The first-order valence-electron chi connectivity index (χ1n) is 7.74. The van der Waals surface area contributed by atoms with Gasteiger partial charge in [0, 0.05) is 17.3 Å². The van der Waals surface area contributed by atoms with Crippen LogP contribution in [0.5, 0.6) is 0 Å². The van der Waals surface area contributed by atoms with E-state index in [1.165, 1.54) is 17.7 Å². The molecule has 0 heterocycles. The minimum absolute atomic E-state index is 0.0854. The highest BCUT2D eigenvalue weighted by atomic mass is 19.1. The lowest BCUT2D eigenvalue weighted by Crippen LogP contribution is -2.13. The van der Waals surface area contributed by atoms with Gasteiger partial charge in [-0.25, -0.2) is 8.78 Å². The molecule has 0 amide bonds. The molecular formula is C20H23F2N. The highest BCUT2D eigenvalue weighted by molar-refractivity contribution is 5.48. The van der Waals surface area contributed by atoms with Crippen LogP contribution in [0, 0.1) is 11.6 Å². The Kier molecular flexibility index (Phi) is 5.19. The highest BCUT2D eigenvalue weighted by Gasteiger charge is 2.16. The number of anilines is 1. The zero-order chi connectivity index (χ0) is 17.0. The molecule has 3 heteroatoms. The summed E-state index contributed by atoms with van der Waals surface area (Å²) < 4.78 is 27.1. The number of nitrogens with one attached hydrogen (secondary N) is 1. The molecule has 1 unspecified atom stereocenters. The van der Waals surface area contributed by atoms with Crippen LogP contribution in [0.25, 0.3) is 0 Å². The Balaban J connectivity index is 2.24. The molecule has 0 aliphatic carbocycles. The summed E-state index contributed by atoms with van der Waals surface area (Å²) in [4.78, 5) is 0. The lowest BCUT2D eigenvalue weighted by Gasteiger charge is -2.22. The fraction of sp³-hybridized carbons (Fsp3) is 0.300. The van der Waals surface area contributed by atoms with Crippen LogP contribution in [0.15, 0.2) is 55.1 Å². The molecule has 2 aromatic rings. The molecule has 0 saturated carbocycles. The van der Waals surface area contributed by atoms with E-state index in [1.54, 1.807) is 6.08 Å². The summed E-state index contributed by atoms with van der Waals surface area (Å²) in [6.07, 6.45) is 2.27. The smallest absolute Gasteiger partial charge is 0.131 e. The van der Waals surface area contributed by atoms with Crippen molar-refractivity contribution in [2.75, 3.05) is 5.32 Å². The maximum absolute atomic E-state index is 14.0. The number of halogens is 2. The van der Waals surface area contributed by atoms with Gasteiger partial charge in [0.1, 0.15) is 11.6 Å². The van der Waals surface area contributed by atoms with E-state index in [2.05, 4.69) is 44.8 Å². The normalized spacial score (nSPS) is 12.7. The molecular weight excluding hydrogens is 292 g/mol. The van der Waals surface area contributed by atoms with Crippen LogP contribution < -0.4 is 5.32 Å². The van der Waals surface area contributed by atoms with Crippen LogP contribution in [0.1, 0.15) is 44.4 Å². The lowest BCUT2D eigenvalue weighted by atomic mass is 9.87. The summed E-state index contributed by atoms with van der Waals surface area (Å²) in [7, 11) is 0. The van der Waals surface area contributed by atoms with E-state index in [0.717, 1.165) is 11.8 Å². The second kappa shape index (κ2) is 6.95. The van der Waals surface area contributed by atoms with Gasteiger partial charge in [-0.3, -0.25) is 0 Å². The van der Waals surface area contributed by atoms with E-state index >= 15 is 0 Å². The van der Waals surface area contributed by atoms with Gasteiger partial charge >= 0.3 is 0 Å². The van der Waals surface area contributed by atoms with Gasteiger partial charge < -0.3 is 5.32 Å². The summed E-state index contributed by atoms with van der Waals surface area (Å²) in [5.41, 5.74) is 2.65. The molecule has 122 valence electrons. The van der Waals surface area contributed by atoms with E-state index in [1.807, 2.05) is 12.1 Å². The van der Waals surface area contributed by atoms with Gasteiger partial charge in [0.15, 0.2) is 0 Å². The largest absolute Gasteiger partial charge is 0.378 e. The molecule has 0 fully saturated rings. The predicted molar refractivity (Wildman–Crippen MR) is 92.7 cm³/mol. The summed E-state index contributed by atoms with van der Waals surface area (Å²) in [5, 5.41) is 3.30. The third-order valence-electron chi connectivity index (χ3n) is 3.83. The number of benzene rings is 2. The quantitative estimate of drug-likeness (QED) is 0.668. The minimum atomic E-state index is -0.571. The molecule has 2 rings (SSSR count). The molecule has 0 bridgehead atoms. The molecule has 2 aromatic carbocycles. The lowest BCUT2D eigenvalue weighted by molar-refractivity contribution is 0.562. The van der Waals surface area contributed by atoms with Crippen molar-refractivity contribution in [3.05, 3.63) is 77.9 Å². The van der Waals surface area contributed by atoms with E-state index in [0.29, 0.717) is 12.0 Å². The summed E-state index contributed by atoms with van der Waals surface area (Å²) in [6, 6.07) is 11.5. The standard InChI is InChI=1S/C20H23F2N/c1-5-6-19(17-12-9-15(21)13-18(17)22)23-16-10-7-14(8-11-16)20(2,3)4/h5,7-13,19,23H,1,6H2,2-4H3. The van der Waals surface area contributed by atoms with E-state index in [-0.39, 0.29) is 11.5 Å². The van der Waals surface area contributed by atoms with Crippen LogP contribution in [0.3, 0.4) is 0 Å². The first-order chi connectivity index (χ1) is 10.8. The van der Waals surface area contributed by atoms with Gasteiger partial charge in [0.25, 0.3) is 0 Å². The number of hydrogen-bond donors (Lipinski definition) is 1. The van der Waals surface area contributed by atoms with Crippen molar-refractivity contribution < 1.29 is 8.78 Å². The minimum Gasteiger partial charge on any atom is -0.378 e. The van der Waals surface area contributed by atoms with Crippen molar-refractivity contribution >= 4 is 5.69 Å². The van der Waals surface area contributed by atoms with Crippen molar-refractivity contribution in [1.82, 2.24) is 0 Å². The predicted octanol–water partition coefficient (Wildman–Crippen LogP) is 5.99. The van der Waals surface area contributed by atoms with Gasteiger partial charge in [0.05, 0.1) is 6.04 Å². The van der Waals surface area contributed by atoms with Crippen LogP contribution in [-0.2, 0) is 5.41 Å². The molecule has 23 heavy (non-hydrogen) atoms. The van der Waals surface area contributed by atoms with Gasteiger partial charge in [-0.15, -0.1) is 6.58 Å². The first-order valence-corrected chi connectivity index (χ1v) is 7.74. The van der Waals surface area contributed by atoms with Crippen molar-refractivity contribution in [1.29, 1.82) is 0 Å². The second-order valence-corrected chi connectivity index (χ2v) is 6.71. The maximum Gasteiger partial charge on any atom is 0.131 e. The topological polar surface area (TPSA) is 12.0 Å². The van der Waals surface area contributed by atoms with Gasteiger partial charge in [-0.1, -0.05) is 45.0 Å². The van der Waals surface area contributed by atoms with E-state index in [4.69, 9.17) is 0 Å². The van der Waals surface area contributed by atoms with Crippen molar-refractivity contribution in [2.24, 2.45) is 0 Å². The van der Waals surface area contributed by atoms with Crippen LogP contribution in [0.4, 0.5) is 14.5 Å². The van der Waals surface area contributed by atoms with Gasteiger partial charge in [0.2, 0.25) is 0 Å². The maximum atomic E-state index is 14.0. The molecule has 1 N–H and O–H groups in total. The van der Waals surface area contributed by atoms with Gasteiger partial charge in [-0.2, -0.15) is 0 Å². The molecule has 0 radical (unpaired) electrons. The summed E-state index contributed by atoms with van der Waals surface area (Å²) in [5.74, 6) is -1.12. The molecule has 0 aliphatic heterocycles. The second-order valence-electron chi connectivity index (χ2n) is 6.71. The van der Waals surface area contributed by atoms with Crippen molar-refractivity contribution in [3.8, 4) is 0 Å². The van der Waals surface area contributed by atoms with Crippen molar-refractivity contribution in [2.45, 2.75) is 38.6 Å². The Morgan fingerprint density at radius 3 is 2.26 bits per heavy atom. The monoisotopic (exact) mass is 315 g/mol. The van der Waals surface area contributed by atoms with E-state index < -0.39 is 11.6 Å². The zero-order valence-corrected chi connectivity index (χ0v) is 13.9. The zero-order valence-electron chi connectivity index (χ0n) is 13.9. The first kappa shape index (κ1) is 17.2. The Hall–Kier alpha value is -2.16. The van der Waals surface area contributed by atoms with Crippen LogP contribution in [-0.4, -0.2) is 0 Å². The average molecular weight is 315 g/mol. The highest BCUT2D eigenvalue weighted by Crippen LogP contribution is 2.28. The Bertz CT molecular complexity index is 669. The molecule has 1 nitrogen and oxygen atoms in total. The molecule has 1 atom stereocenters. The fourth-order valence-corrected chi connectivity index (χ4v) is 2.48. The van der Waals surface area contributed by atoms with E-state index in [9.17, 15) is 8.78 Å². The SMILES string of the molecule is C=CCC(Nc1ccc(C(C)(C)C)cc1)c1ccc(F)cc1F. The third-order valence-corrected chi connectivity index (χ3v) is 3.83.